The summed E-state index contributed by atoms with van der Waals surface area (Å²) < 4.78 is 31.9. The minimum Gasteiger partial charge on any atom is -0.508 e. The normalized spacial score (nSPS) is 11.0. The number of aliphatic hydroxyl groups excluding tert-OH is 1. The number of rotatable bonds is 1. The third-order valence-corrected chi connectivity index (χ3v) is 4.94. The van der Waals surface area contributed by atoms with E-state index in [0.717, 1.165) is 13.2 Å². The number of ketones is 2. The topological polar surface area (TPSA) is 173 Å². The molecule has 3 aromatic rings. The maximum absolute atomic E-state index is 12.4. The van der Waals surface area contributed by atoms with Crippen molar-refractivity contribution in [1.82, 2.24) is 0 Å². The van der Waals surface area contributed by atoms with Crippen LogP contribution in [0.4, 0.5) is 0 Å². The zero-order valence-electron chi connectivity index (χ0n) is 17.6. The van der Waals surface area contributed by atoms with Gasteiger partial charge in [-0.1, -0.05) is 36.4 Å². The van der Waals surface area contributed by atoms with E-state index in [2.05, 4.69) is 0 Å². The molecule has 0 unspecified atom stereocenters. The monoisotopic (exact) mass is 471 g/mol. The van der Waals surface area contributed by atoms with Crippen molar-refractivity contribution in [1.29, 1.82) is 5.26 Å². The van der Waals surface area contributed by atoms with Crippen LogP contribution < -0.4 is 0 Å². The third kappa shape index (κ3) is 6.72. The number of nitriles is 1. The van der Waals surface area contributed by atoms with Gasteiger partial charge in [0.1, 0.15) is 16.4 Å². The van der Waals surface area contributed by atoms with E-state index in [9.17, 15) is 22.6 Å². The standard InChI is InChI=1S/C14H8O5S.C6H6O2.C2H3N.CH4O/c15-13-8-4-1-2-5-9(8)14(16)12-10(13)6-3-7-11(12)20(17,18)19;7-5-1-2-6(8)4-3-5;1-2-3;1-2/h1-7H,(H,17,18,19);1-4,7-8H;1H3;2H,1H3. The zero-order valence-corrected chi connectivity index (χ0v) is 18.4. The molecular formula is C23H21NO8S. The Morgan fingerprint density at radius 3 is 1.55 bits per heavy atom. The van der Waals surface area contributed by atoms with Crippen LogP contribution in [0.25, 0.3) is 0 Å². The van der Waals surface area contributed by atoms with Gasteiger partial charge < -0.3 is 15.3 Å². The lowest BCUT2D eigenvalue weighted by atomic mass is 9.84. The summed E-state index contributed by atoms with van der Waals surface area (Å²) in [6.07, 6.45) is 0. The van der Waals surface area contributed by atoms with E-state index < -0.39 is 26.6 Å². The van der Waals surface area contributed by atoms with Gasteiger partial charge >= 0.3 is 0 Å². The van der Waals surface area contributed by atoms with Crippen molar-refractivity contribution in [3.63, 3.8) is 0 Å². The second-order valence-corrected chi connectivity index (χ2v) is 7.49. The summed E-state index contributed by atoms with van der Waals surface area (Å²) in [6, 6.07) is 17.4. The minimum absolute atomic E-state index is 0.0103. The average molecular weight is 471 g/mol. The van der Waals surface area contributed by atoms with Crippen molar-refractivity contribution in [3.8, 4) is 17.6 Å². The van der Waals surface area contributed by atoms with Gasteiger partial charge in [-0.3, -0.25) is 14.1 Å². The fourth-order valence-corrected chi connectivity index (χ4v) is 3.49. The number of phenols is 2. The lowest BCUT2D eigenvalue weighted by molar-refractivity contribution is 0.0976. The molecule has 4 rings (SSSR count). The molecule has 33 heavy (non-hydrogen) atoms. The van der Waals surface area contributed by atoms with Crippen LogP contribution in [-0.2, 0) is 10.1 Å². The number of phenolic OH excluding ortho intramolecular Hbond substituents is 2. The number of carbonyl (C=O) groups is 2. The molecule has 0 heterocycles. The van der Waals surface area contributed by atoms with Crippen molar-refractivity contribution in [2.45, 2.75) is 11.8 Å². The number of carbonyl (C=O) groups excluding carboxylic acids is 2. The molecule has 0 radical (unpaired) electrons. The number of hydrogen-bond acceptors (Lipinski definition) is 8. The van der Waals surface area contributed by atoms with Gasteiger partial charge in [0.2, 0.25) is 0 Å². The van der Waals surface area contributed by atoms with E-state index in [1.165, 1.54) is 55.5 Å². The summed E-state index contributed by atoms with van der Waals surface area (Å²) >= 11 is 0. The van der Waals surface area contributed by atoms with E-state index in [4.69, 9.17) is 20.6 Å². The van der Waals surface area contributed by atoms with Gasteiger partial charge in [-0.15, -0.1) is 0 Å². The SMILES string of the molecule is CC#N.CO.O=C1c2ccccc2C(=O)c2c1cccc2S(=O)(=O)O.Oc1ccc(O)cc1. The quantitative estimate of drug-likeness (QED) is 0.240. The van der Waals surface area contributed by atoms with Gasteiger partial charge in [0, 0.05) is 30.7 Å². The first-order valence-corrected chi connectivity index (χ1v) is 10.6. The van der Waals surface area contributed by atoms with Gasteiger partial charge in [-0.2, -0.15) is 13.7 Å². The molecule has 0 aromatic heterocycles. The van der Waals surface area contributed by atoms with Crippen LogP contribution in [0.1, 0.15) is 38.8 Å². The molecule has 0 aliphatic heterocycles. The Labute approximate surface area is 190 Å². The summed E-state index contributed by atoms with van der Waals surface area (Å²) in [7, 11) is -3.58. The maximum atomic E-state index is 12.4. The lowest BCUT2D eigenvalue weighted by Crippen LogP contribution is -2.23. The molecule has 4 N–H and O–H groups in total. The van der Waals surface area contributed by atoms with E-state index in [1.54, 1.807) is 18.2 Å². The third-order valence-electron chi connectivity index (χ3n) is 4.04. The van der Waals surface area contributed by atoms with Gasteiger partial charge in [0.05, 0.1) is 11.6 Å². The van der Waals surface area contributed by atoms with Crippen LogP contribution in [0, 0.1) is 11.3 Å². The molecule has 1 aliphatic carbocycles. The Hall–Kier alpha value is -4.04. The second-order valence-electron chi connectivity index (χ2n) is 6.10. The van der Waals surface area contributed by atoms with Crippen LogP contribution in [0.2, 0.25) is 0 Å². The molecule has 0 atom stereocenters. The highest BCUT2D eigenvalue weighted by molar-refractivity contribution is 7.86. The van der Waals surface area contributed by atoms with Gasteiger partial charge in [0.25, 0.3) is 10.1 Å². The van der Waals surface area contributed by atoms with Crippen molar-refractivity contribution >= 4 is 21.7 Å². The summed E-state index contributed by atoms with van der Waals surface area (Å²) in [5, 5.41) is 31.6. The summed E-state index contributed by atoms with van der Waals surface area (Å²) in [6.45, 7) is 1.43. The zero-order chi connectivity index (χ0) is 25.2. The molecule has 0 amide bonds. The van der Waals surface area contributed by atoms with Crippen LogP contribution in [0.15, 0.2) is 71.6 Å². The number of benzene rings is 3. The number of nitrogens with zero attached hydrogens (tertiary/aromatic N) is 1. The first kappa shape index (κ1) is 27.0. The molecule has 0 fully saturated rings. The Bertz CT molecular complexity index is 1260. The fourth-order valence-electron chi connectivity index (χ4n) is 2.78. The van der Waals surface area contributed by atoms with Crippen molar-refractivity contribution < 1.29 is 37.9 Å². The number of aromatic hydroxyl groups is 2. The molecule has 172 valence electrons. The number of hydrogen-bond donors (Lipinski definition) is 4. The van der Waals surface area contributed by atoms with Crippen LogP contribution >= 0.6 is 0 Å². The summed E-state index contributed by atoms with van der Waals surface area (Å²) in [4.78, 5) is 24.2. The molecule has 0 bridgehead atoms. The smallest absolute Gasteiger partial charge is 0.295 e. The van der Waals surface area contributed by atoms with E-state index in [1.807, 2.05) is 0 Å². The second kappa shape index (κ2) is 12.1. The maximum Gasteiger partial charge on any atom is 0.295 e. The van der Waals surface area contributed by atoms with Gasteiger partial charge in [-0.05, 0) is 30.3 Å². The first-order chi connectivity index (χ1) is 15.6. The highest BCUT2D eigenvalue weighted by Gasteiger charge is 2.33. The first-order valence-electron chi connectivity index (χ1n) is 9.14. The molecule has 9 nitrogen and oxygen atoms in total. The van der Waals surface area contributed by atoms with Crippen LogP contribution in [0.5, 0.6) is 11.5 Å². The fraction of sp³-hybridized carbons (Fsp3) is 0.0870. The molecular weight excluding hydrogens is 450 g/mol. The van der Waals surface area contributed by atoms with E-state index >= 15 is 0 Å². The Morgan fingerprint density at radius 1 is 0.727 bits per heavy atom. The molecule has 1 aliphatic rings. The minimum atomic E-state index is -4.58. The predicted molar refractivity (Wildman–Crippen MR) is 119 cm³/mol. The number of fused-ring (bicyclic) bond motifs is 2. The largest absolute Gasteiger partial charge is 0.508 e. The van der Waals surface area contributed by atoms with Gasteiger partial charge in [-0.25, -0.2) is 0 Å². The Morgan fingerprint density at radius 2 is 1.12 bits per heavy atom. The van der Waals surface area contributed by atoms with Crippen molar-refractivity contribution in [3.05, 3.63) is 89.0 Å². The highest BCUT2D eigenvalue weighted by atomic mass is 32.2. The summed E-state index contributed by atoms with van der Waals surface area (Å²) in [5.41, 5.74) is 0.0983. The number of aliphatic hydroxyl groups is 1. The van der Waals surface area contributed by atoms with Crippen LogP contribution in [-0.4, -0.2) is 47.0 Å². The summed E-state index contributed by atoms with van der Waals surface area (Å²) in [5.74, 6) is -0.672. The highest BCUT2D eigenvalue weighted by Crippen LogP contribution is 2.31. The molecule has 0 saturated carbocycles. The van der Waals surface area contributed by atoms with Crippen LogP contribution in [0.3, 0.4) is 0 Å². The Balaban J connectivity index is 0.000000348. The van der Waals surface area contributed by atoms with Gasteiger partial charge in [0.15, 0.2) is 11.6 Å². The predicted octanol–water partition coefficient (Wildman–Crippen LogP) is 2.94. The lowest BCUT2D eigenvalue weighted by Gasteiger charge is -2.18. The van der Waals surface area contributed by atoms with Crippen molar-refractivity contribution in [2.75, 3.05) is 7.11 Å². The molecule has 0 spiro atoms. The van der Waals surface area contributed by atoms with E-state index in [-0.39, 0.29) is 33.8 Å². The molecule has 3 aromatic carbocycles. The molecule has 0 saturated heterocycles. The average Bonchev–Trinajstić information content (AvgIpc) is 2.81. The van der Waals surface area contributed by atoms with E-state index in [0.29, 0.717) is 0 Å². The Kier molecular flexibility index (Phi) is 9.91. The van der Waals surface area contributed by atoms with Crippen molar-refractivity contribution in [2.24, 2.45) is 0 Å². The molecule has 10 heteroatoms.